The Bertz CT molecular complexity index is 790. The summed E-state index contributed by atoms with van der Waals surface area (Å²) in [4.78, 5) is 13.7. The molecule has 102 valence electrons. The number of nitrogen functional groups attached to an aromatic ring is 1. The predicted molar refractivity (Wildman–Crippen MR) is 76.7 cm³/mol. The molecule has 1 atom stereocenters. The summed E-state index contributed by atoms with van der Waals surface area (Å²) in [6.07, 6.45) is -0.144. The lowest BCUT2D eigenvalue weighted by molar-refractivity contribution is 0.228. The quantitative estimate of drug-likeness (QED) is 0.717. The second-order valence-electron chi connectivity index (χ2n) is 4.57. The number of nitrogens with one attached hydrogen (secondary N) is 1. The Balaban J connectivity index is 1.94. The normalized spacial score (nSPS) is 12.4. The Kier molecular flexibility index (Phi) is 2.95. The number of ether oxygens (including phenoxy) is 1. The Morgan fingerprint density at radius 1 is 1.25 bits per heavy atom. The Morgan fingerprint density at radius 3 is 2.75 bits per heavy atom. The van der Waals surface area contributed by atoms with E-state index in [-0.39, 0.29) is 6.10 Å². The number of H-pyrrole nitrogens is 1. The summed E-state index contributed by atoms with van der Waals surface area (Å²) in [5.74, 6) is 0.0126. The van der Waals surface area contributed by atoms with Gasteiger partial charge in [0.1, 0.15) is 11.9 Å². The average Bonchev–Trinajstić information content (AvgIpc) is 2.79. The summed E-state index contributed by atoms with van der Waals surface area (Å²) in [5.41, 5.74) is 8.40. The summed E-state index contributed by atoms with van der Waals surface area (Å²) in [6.45, 7) is 1.94. The van der Waals surface area contributed by atoms with Gasteiger partial charge in [-0.2, -0.15) is 0 Å². The molecule has 3 aromatic rings. The van der Waals surface area contributed by atoms with Crippen LogP contribution in [0.3, 0.4) is 0 Å². The van der Waals surface area contributed by atoms with Crippen LogP contribution in [0.2, 0.25) is 0 Å². The number of oxazole rings is 1. The number of hydrogen-bond donors (Lipinski definition) is 2. The maximum absolute atomic E-state index is 11.2. The Labute approximate surface area is 115 Å². The molecule has 0 amide bonds. The van der Waals surface area contributed by atoms with Crippen LogP contribution in [0.1, 0.15) is 18.6 Å². The van der Waals surface area contributed by atoms with Crippen molar-refractivity contribution in [3.63, 3.8) is 0 Å². The van der Waals surface area contributed by atoms with E-state index in [1.54, 1.807) is 12.1 Å². The van der Waals surface area contributed by atoms with E-state index >= 15 is 0 Å². The second kappa shape index (κ2) is 4.77. The van der Waals surface area contributed by atoms with Crippen molar-refractivity contribution in [1.29, 1.82) is 0 Å². The van der Waals surface area contributed by atoms with Gasteiger partial charge >= 0.3 is 5.76 Å². The first-order chi connectivity index (χ1) is 9.63. The van der Waals surface area contributed by atoms with Gasteiger partial charge in [0.05, 0.1) is 11.2 Å². The van der Waals surface area contributed by atoms with Crippen molar-refractivity contribution >= 4 is 16.8 Å². The van der Waals surface area contributed by atoms with Gasteiger partial charge in [0.2, 0.25) is 0 Å². The highest BCUT2D eigenvalue weighted by Crippen LogP contribution is 2.30. The van der Waals surface area contributed by atoms with Gasteiger partial charge in [0.15, 0.2) is 5.58 Å². The number of fused-ring (bicyclic) bond motifs is 1. The van der Waals surface area contributed by atoms with Crippen molar-refractivity contribution in [2.75, 3.05) is 5.73 Å². The standard InChI is InChI=1S/C15H14N2O3/c1-9(10-5-3-2-4-6-10)19-13-8-12-14(7-11(13)16)20-15(18)17-12/h2-9H,16H2,1H3,(H,17,18). The third kappa shape index (κ3) is 2.25. The molecule has 0 aliphatic heterocycles. The first kappa shape index (κ1) is 12.3. The minimum absolute atomic E-state index is 0.144. The average molecular weight is 270 g/mol. The first-order valence-corrected chi connectivity index (χ1v) is 6.27. The zero-order valence-corrected chi connectivity index (χ0v) is 10.9. The Hall–Kier alpha value is -2.69. The molecule has 0 spiro atoms. The van der Waals surface area contributed by atoms with Crippen molar-refractivity contribution < 1.29 is 9.15 Å². The number of rotatable bonds is 3. The monoisotopic (exact) mass is 270 g/mol. The third-order valence-electron chi connectivity index (χ3n) is 3.12. The summed E-state index contributed by atoms with van der Waals surface area (Å²) in [5, 5.41) is 0. The van der Waals surface area contributed by atoms with Crippen LogP contribution in [0, 0.1) is 0 Å². The van der Waals surface area contributed by atoms with Gasteiger partial charge in [-0.1, -0.05) is 30.3 Å². The van der Waals surface area contributed by atoms with Gasteiger partial charge in [-0.3, -0.25) is 4.98 Å². The van der Waals surface area contributed by atoms with Crippen molar-refractivity contribution in [1.82, 2.24) is 4.98 Å². The summed E-state index contributed by atoms with van der Waals surface area (Å²) in [6, 6.07) is 13.1. The maximum Gasteiger partial charge on any atom is 0.417 e. The van der Waals surface area contributed by atoms with Crippen molar-refractivity contribution in [3.05, 3.63) is 58.6 Å². The van der Waals surface area contributed by atoms with E-state index < -0.39 is 5.76 Å². The highest BCUT2D eigenvalue weighted by molar-refractivity contribution is 5.80. The van der Waals surface area contributed by atoms with E-state index in [4.69, 9.17) is 14.9 Å². The van der Waals surface area contributed by atoms with Crippen LogP contribution in [-0.4, -0.2) is 4.98 Å². The molecule has 20 heavy (non-hydrogen) atoms. The molecule has 0 aliphatic carbocycles. The van der Waals surface area contributed by atoms with Crippen LogP contribution < -0.4 is 16.2 Å². The number of anilines is 1. The van der Waals surface area contributed by atoms with Crippen molar-refractivity contribution in [3.8, 4) is 5.75 Å². The molecule has 0 saturated carbocycles. The van der Waals surface area contributed by atoms with E-state index in [1.165, 1.54) is 0 Å². The second-order valence-corrected chi connectivity index (χ2v) is 4.57. The zero-order valence-electron chi connectivity index (χ0n) is 10.9. The van der Waals surface area contributed by atoms with E-state index in [1.807, 2.05) is 37.3 Å². The lowest BCUT2D eigenvalue weighted by Crippen LogP contribution is -2.04. The smallest absolute Gasteiger partial charge is 0.417 e. The molecular formula is C15H14N2O3. The van der Waals surface area contributed by atoms with Crippen molar-refractivity contribution in [2.24, 2.45) is 0 Å². The highest BCUT2D eigenvalue weighted by atomic mass is 16.5. The van der Waals surface area contributed by atoms with Gasteiger partial charge in [0, 0.05) is 12.1 Å². The molecule has 1 unspecified atom stereocenters. The van der Waals surface area contributed by atoms with Crippen molar-refractivity contribution in [2.45, 2.75) is 13.0 Å². The molecular weight excluding hydrogens is 256 g/mol. The molecule has 3 rings (SSSR count). The fourth-order valence-electron chi connectivity index (χ4n) is 2.08. The van der Waals surface area contributed by atoms with Gasteiger partial charge < -0.3 is 14.9 Å². The minimum Gasteiger partial charge on any atom is -0.484 e. The summed E-state index contributed by atoms with van der Waals surface area (Å²) >= 11 is 0. The molecule has 0 fully saturated rings. The molecule has 0 bridgehead atoms. The predicted octanol–water partition coefficient (Wildman–Crippen LogP) is 2.84. The molecule has 2 aromatic carbocycles. The van der Waals surface area contributed by atoms with E-state index in [9.17, 15) is 4.79 Å². The van der Waals surface area contributed by atoms with Gasteiger partial charge in [-0.05, 0) is 12.5 Å². The molecule has 5 nitrogen and oxygen atoms in total. The SMILES string of the molecule is CC(Oc1cc2[nH]c(=O)oc2cc1N)c1ccccc1. The van der Waals surface area contributed by atoms with E-state index in [0.29, 0.717) is 22.5 Å². The van der Waals surface area contributed by atoms with Gasteiger partial charge in [-0.25, -0.2) is 4.79 Å². The molecule has 5 heteroatoms. The molecule has 3 N–H and O–H groups in total. The molecule has 1 heterocycles. The number of aromatic amines is 1. The van der Waals surface area contributed by atoms with E-state index in [0.717, 1.165) is 5.56 Å². The number of nitrogens with two attached hydrogens (primary N) is 1. The molecule has 0 saturated heterocycles. The van der Waals surface area contributed by atoms with Gasteiger partial charge in [0.25, 0.3) is 0 Å². The topological polar surface area (TPSA) is 81.2 Å². The van der Waals surface area contributed by atoms with Crippen LogP contribution >= 0.6 is 0 Å². The Morgan fingerprint density at radius 2 is 2.00 bits per heavy atom. The number of aromatic nitrogens is 1. The summed E-state index contributed by atoms with van der Waals surface area (Å²) in [7, 11) is 0. The third-order valence-corrected chi connectivity index (χ3v) is 3.12. The molecule has 0 aliphatic rings. The van der Waals surface area contributed by atoms with E-state index in [2.05, 4.69) is 4.98 Å². The zero-order chi connectivity index (χ0) is 14.1. The highest BCUT2D eigenvalue weighted by Gasteiger charge is 2.12. The first-order valence-electron chi connectivity index (χ1n) is 6.27. The maximum atomic E-state index is 11.2. The molecule has 1 aromatic heterocycles. The largest absolute Gasteiger partial charge is 0.484 e. The van der Waals surface area contributed by atoms with Crippen LogP contribution in [0.25, 0.3) is 11.1 Å². The lowest BCUT2D eigenvalue weighted by Gasteiger charge is -2.16. The summed E-state index contributed by atoms with van der Waals surface area (Å²) < 4.78 is 10.8. The van der Waals surface area contributed by atoms with Crippen LogP contribution in [0.4, 0.5) is 5.69 Å². The number of hydrogen-bond acceptors (Lipinski definition) is 4. The van der Waals surface area contributed by atoms with Crippen LogP contribution in [0.5, 0.6) is 5.75 Å². The fourth-order valence-corrected chi connectivity index (χ4v) is 2.08. The number of benzene rings is 2. The van der Waals surface area contributed by atoms with Crippen LogP contribution in [0.15, 0.2) is 51.7 Å². The lowest BCUT2D eigenvalue weighted by atomic mass is 10.1. The fraction of sp³-hybridized carbons (Fsp3) is 0.133. The van der Waals surface area contributed by atoms with Crippen LogP contribution in [-0.2, 0) is 0 Å². The minimum atomic E-state index is -0.507. The van der Waals surface area contributed by atoms with Gasteiger partial charge in [-0.15, -0.1) is 0 Å². The molecule has 0 radical (unpaired) electrons.